The molecule has 1 rings (SSSR count). The Morgan fingerprint density at radius 3 is 2.40 bits per heavy atom. The minimum atomic E-state index is -4.72. The Balaban J connectivity index is 3.04. The summed E-state index contributed by atoms with van der Waals surface area (Å²) in [5.74, 6) is -0.706. The molecule has 0 spiro atoms. The Kier molecular flexibility index (Phi) is 3.72. The highest BCUT2D eigenvalue weighted by Gasteiger charge is 2.34. The molecule has 0 heterocycles. The van der Waals surface area contributed by atoms with Crippen LogP contribution in [-0.2, 0) is 0 Å². The first-order valence-corrected chi connectivity index (χ1v) is 4.74. The van der Waals surface area contributed by atoms with Crippen LogP contribution in [0.2, 0.25) is 0 Å². The maximum absolute atomic E-state index is 12.9. The van der Waals surface area contributed by atoms with Gasteiger partial charge in [-0.2, -0.15) is 13.2 Å². The van der Waals surface area contributed by atoms with E-state index in [1.165, 1.54) is 12.1 Å². The number of hydrogen-bond donors (Lipinski definition) is 0. The van der Waals surface area contributed by atoms with E-state index in [-0.39, 0.29) is 10.2 Å². The molecule has 0 atom stereocenters. The van der Waals surface area contributed by atoms with Gasteiger partial charge in [0.1, 0.15) is 5.82 Å². The summed E-state index contributed by atoms with van der Waals surface area (Å²) >= 11 is 7.73. The van der Waals surface area contributed by atoms with Gasteiger partial charge >= 0.3 is 6.18 Å². The highest BCUT2D eigenvalue weighted by Crippen LogP contribution is 2.26. The van der Waals surface area contributed by atoms with Crippen molar-refractivity contribution in [3.05, 3.63) is 28.5 Å². The molecule has 0 fully saturated rings. The first kappa shape index (κ1) is 12.4. The molecule has 0 bridgehead atoms. The molecule has 0 aliphatic rings. The molecule has 0 saturated carbocycles. The molecule has 15 heavy (non-hydrogen) atoms. The zero-order valence-electron chi connectivity index (χ0n) is 6.95. The molecule has 82 valence electrons. The van der Waals surface area contributed by atoms with Gasteiger partial charge < -0.3 is 0 Å². The lowest BCUT2D eigenvalue weighted by atomic mass is 10.3. The Hall–Kier alpha value is -0.620. The third-order valence-corrected chi connectivity index (χ3v) is 2.31. The van der Waals surface area contributed by atoms with Gasteiger partial charge in [-0.3, -0.25) is 0 Å². The van der Waals surface area contributed by atoms with Gasteiger partial charge in [-0.1, -0.05) is 11.6 Å². The molecule has 1 nitrogen and oxygen atoms in total. The van der Waals surface area contributed by atoms with Crippen molar-refractivity contribution in [2.24, 2.45) is 4.99 Å². The van der Waals surface area contributed by atoms with E-state index in [0.29, 0.717) is 0 Å². The van der Waals surface area contributed by atoms with Crippen molar-refractivity contribution in [3.63, 3.8) is 0 Å². The zero-order valence-corrected chi connectivity index (χ0v) is 9.29. The second-order valence-corrected chi connectivity index (χ2v) is 3.71. The summed E-state index contributed by atoms with van der Waals surface area (Å²) in [6.45, 7) is 0. The fraction of sp³-hybridized carbons (Fsp3) is 0.125. The summed E-state index contributed by atoms with van der Waals surface area (Å²) in [6, 6.07) is 3.30. The highest BCUT2D eigenvalue weighted by molar-refractivity contribution is 9.10. The predicted octanol–water partition coefficient (Wildman–Crippen LogP) is 4.42. The van der Waals surface area contributed by atoms with E-state index in [0.717, 1.165) is 6.07 Å². The topological polar surface area (TPSA) is 12.4 Å². The summed E-state index contributed by atoms with van der Waals surface area (Å²) in [5, 5.41) is -1.54. The molecule has 0 unspecified atom stereocenters. The van der Waals surface area contributed by atoms with Crippen molar-refractivity contribution < 1.29 is 17.6 Å². The van der Waals surface area contributed by atoms with Gasteiger partial charge in [0.25, 0.3) is 0 Å². The van der Waals surface area contributed by atoms with Crippen molar-refractivity contribution >= 4 is 38.4 Å². The third-order valence-electron chi connectivity index (χ3n) is 1.36. The number of benzene rings is 1. The van der Waals surface area contributed by atoms with E-state index in [9.17, 15) is 17.6 Å². The van der Waals surface area contributed by atoms with Gasteiger partial charge in [-0.15, -0.1) is 0 Å². The zero-order chi connectivity index (χ0) is 11.6. The maximum atomic E-state index is 12.9. The maximum Gasteiger partial charge on any atom is 0.444 e. The molecule has 0 amide bonds. The van der Waals surface area contributed by atoms with Crippen LogP contribution < -0.4 is 0 Å². The van der Waals surface area contributed by atoms with Crippen LogP contribution in [0.4, 0.5) is 23.2 Å². The molecular weight excluding hydrogens is 301 g/mol. The van der Waals surface area contributed by atoms with Gasteiger partial charge in [0, 0.05) is 6.07 Å². The second-order valence-electron chi connectivity index (χ2n) is 2.50. The molecule has 1 aromatic carbocycles. The number of nitrogens with zero attached hydrogens (tertiary/aromatic N) is 1. The summed E-state index contributed by atoms with van der Waals surface area (Å²) in [6.07, 6.45) is -4.72. The molecule has 0 aliphatic carbocycles. The summed E-state index contributed by atoms with van der Waals surface area (Å²) in [5.41, 5.74) is -0.196. The Bertz CT molecular complexity index is 402. The number of hydrogen-bond acceptors (Lipinski definition) is 1. The number of aliphatic imine (C=N–C) groups is 1. The fourth-order valence-electron chi connectivity index (χ4n) is 0.731. The lowest BCUT2D eigenvalue weighted by Crippen LogP contribution is -2.16. The molecule has 0 aromatic heterocycles. The number of alkyl halides is 3. The molecule has 0 aliphatic heterocycles. The van der Waals surface area contributed by atoms with Crippen LogP contribution in [0.1, 0.15) is 0 Å². The third kappa shape index (κ3) is 3.46. The predicted molar refractivity (Wildman–Crippen MR) is 53.1 cm³/mol. The van der Waals surface area contributed by atoms with Crippen molar-refractivity contribution in [3.8, 4) is 0 Å². The highest BCUT2D eigenvalue weighted by atomic mass is 79.9. The first-order valence-electron chi connectivity index (χ1n) is 3.57. The quantitative estimate of drug-likeness (QED) is 0.538. The van der Waals surface area contributed by atoms with Crippen molar-refractivity contribution in [1.82, 2.24) is 0 Å². The molecule has 1 aromatic rings. The van der Waals surface area contributed by atoms with Gasteiger partial charge in [0.15, 0.2) is 0 Å². The minimum Gasteiger partial charge on any atom is -0.232 e. The minimum absolute atomic E-state index is 0.143. The monoisotopic (exact) mass is 303 g/mol. The van der Waals surface area contributed by atoms with Crippen LogP contribution in [0, 0.1) is 5.82 Å². The SMILES string of the molecule is Fc1cc(N=C(Cl)C(F)(F)F)ccc1Br. The smallest absolute Gasteiger partial charge is 0.232 e. The fourth-order valence-corrected chi connectivity index (χ4v) is 1.08. The Morgan fingerprint density at radius 2 is 1.93 bits per heavy atom. The van der Waals surface area contributed by atoms with Crippen molar-refractivity contribution in [2.75, 3.05) is 0 Å². The second kappa shape index (κ2) is 4.49. The molecular formula is C8H3BrClF4N. The van der Waals surface area contributed by atoms with E-state index in [1.807, 2.05) is 0 Å². The van der Waals surface area contributed by atoms with Crippen molar-refractivity contribution in [1.29, 1.82) is 0 Å². The van der Waals surface area contributed by atoms with Crippen LogP contribution in [0.15, 0.2) is 27.7 Å². The average molecular weight is 304 g/mol. The van der Waals surface area contributed by atoms with E-state index >= 15 is 0 Å². The van der Waals surface area contributed by atoms with E-state index < -0.39 is 17.2 Å². The van der Waals surface area contributed by atoms with Gasteiger partial charge in [-0.25, -0.2) is 9.38 Å². The number of rotatable bonds is 1. The summed E-state index contributed by atoms with van der Waals surface area (Å²) in [7, 11) is 0. The molecule has 7 heteroatoms. The summed E-state index contributed by atoms with van der Waals surface area (Å²) < 4.78 is 48.9. The summed E-state index contributed by atoms with van der Waals surface area (Å²) in [4.78, 5) is 3.03. The van der Waals surface area contributed by atoms with E-state index in [2.05, 4.69) is 20.9 Å². The average Bonchev–Trinajstić information content (AvgIpc) is 2.10. The largest absolute Gasteiger partial charge is 0.444 e. The van der Waals surface area contributed by atoms with Crippen LogP contribution in [0.3, 0.4) is 0 Å². The van der Waals surface area contributed by atoms with E-state index in [4.69, 9.17) is 11.6 Å². The van der Waals surface area contributed by atoms with Crippen LogP contribution in [0.25, 0.3) is 0 Å². The lowest BCUT2D eigenvalue weighted by molar-refractivity contribution is -0.0558. The van der Waals surface area contributed by atoms with Gasteiger partial charge in [0.05, 0.1) is 10.2 Å². The Morgan fingerprint density at radius 1 is 1.33 bits per heavy atom. The molecule has 0 saturated heterocycles. The standard InChI is InChI=1S/C8H3BrClF4N/c9-5-2-1-4(3-6(5)11)15-7(10)8(12,13)14/h1-3H. The normalized spacial score (nSPS) is 13.1. The van der Waals surface area contributed by atoms with Gasteiger partial charge in [-0.05, 0) is 28.1 Å². The van der Waals surface area contributed by atoms with Crippen LogP contribution in [-0.4, -0.2) is 11.3 Å². The molecule has 0 N–H and O–H groups in total. The molecule has 0 radical (unpaired) electrons. The van der Waals surface area contributed by atoms with Crippen LogP contribution >= 0.6 is 27.5 Å². The number of halogens is 6. The van der Waals surface area contributed by atoms with Crippen molar-refractivity contribution in [2.45, 2.75) is 6.18 Å². The first-order chi connectivity index (χ1) is 6.80. The van der Waals surface area contributed by atoms with E-state index in [1.54, 1.807) is 0 Å². The van der Waals surface area contributed by atoms with Crippen LogP contribution in [0.5, 0.6) is 0 Å². The Labute approximate surface area is 95.9 Å². The van der Waals surface area contributed by atoms with Gasteiger partial charge in [0.2, 0.25) is 5.17 Å². The lowest BCUT2D eigenvalue weighted by Gasteiger charge is -2.03.